The molecule has 11 heteroatoms. The van der Waals surface area contributed by atoms with Crippen molar-refractivity contribution in [1.29, 1.82) is 0 Å². The van der Waals surface area contributed by atoms with Crippen LogP contribution in [0.4, 0.5) is 11.4 Å². The molecule has 1 aliphatic heterocycles. The molecule has 0 fully saturated rings. The van der Waals surface area contributed by atoms with Crippen LogP contribution in [0.2, 0.25) is 0 Å². The molecule has 0 aliphatic carbocycles. The minimum absolute atomic E-state index is 0.170. The van der Waals surface area contributed by atoms with Gasteiger partial charge in [-0.25, -0.2) is 22.0 Å². The number of ether oxygens (including phenoxy) is 1. The number of benzene rings is 2. The number of nitrogens with two attached hydrogens (primary N) is 1. The van der Waals surface area contributed by atoms with Crippen molar-refractivity contribution in [2.45, 2.75) is 22.8 Å². The second-order valence-electron chi connectivity index (χ2n) is 5.59. The first-order valence-electron chi connectivity index (χ1n) is 7.33. The largest absolute Gasteiger partial charge is 0.479 e. The van der Waals surface area contributed by atoms with Crippen molar-refractivity contribution in [2.24, 2.45) is 5.14 Å². The molecular weight excluding hydrogens is 382 g/mol. The standard InChI is InChI=1S/C15H15N3O6S2/c1-9-15(19)17-13-7-10(5-6-14(13)24-9)18-26(22,23)12-4-2-3-11(8-12)25(16,20)21/h2-9,18H,1H3,(H,17,19)(H2,16,20,21). The monoisotopic (exact) mass is 397 g/mol. The zero-order valence-corrected chi connectivity index (χ0v) is 15.1. The average molecular weight is 397 g/mol. The van der Waals surface area contributed by atoms with Crippen LogP contribution in [0.3, 0.4) is 0 Å². The molecule has 26 heavy (non-hydrogen) atoms. The third-order valence-corrected chi connectivity index (χ3v) is 5.90. The Kier molecular flexibility index (Phi) is 4.38. The molecule has 0 radical (unpaired) electrons. The number of anilines is 2. The lowest BCUT2D eigenvalue weighted by atomic mass is 10.2. The van der Waals surface area contributed by atoms with E-state index in [1.807, 2.05) is 0 Å². The maximum absolute atomic E-state index is 12.5. The van der Waals surface area contributed by atoms with Crippen LogP contribution in [0, 0.1) is 0 Å². The van der Waals surface area contributed by atoms with Gasteiger partial charge in [0.1, 0.15) is 5.75 Å². The lowest BCUT2D eigenvalue weighted by Gasteiger charge is -2.23. The second-order valence-corrected chi connectivity index (χ2v) is 8.83. The topological polar surface area (TPSA) is 145 Å². The van der Waals surface area contributed by atoms with Gasteiger partial charge in [-0.1, -0.05) is 6.07 Å². The normalized spacial score (nSPS) is 17.0. The summed E-state index contributed by atoms with van der Waals surface area (Å²) in [7, 11) is -8.11. The van der Waals surface area contributed by atoms with Crippen molar-refractivity contribution >= 4 is 37.3 Å². The molecule has 4 N–H and O–H groups in total. The highest BCUT2D eigenvalue weighted by Crippen LogP contribution is 2.33. The van der Waals surface area contributed by atoms with E-state index in [1.54, 1.807) is 6.92 Å². The van der Waals surface area contributed by atoms with Crippen molar-refractivity contribution in [3.8, 4) is 5.75 Å². The Hall–Kier alpha value is -2.63. The number of carbonyl (C=O) groups is 1. The molecular formula is C15H15N3O6S2. The van der Waals surface area contributed by atoms with Crippen molar-refractivity contribution in [2.75, 3.05) is 10.0 Å². The Morgan fingerprint density at radius 3 is 2.46 bits per heavy atom. The van der Waals surface area contributed by atoms with Crippen LogP contribution in [0.5, 0.6) is 5.75 Å². The summed E-state index contributed by atoms with van der Waals surface area (Å²) in [6, 6.07) is 9.05. The first kappa shape index (κ1) is 18.2. The van der Waals surface area contributed by atoms with Crippen LogP contribution in [-0.4, -0.2) is 28.8 Å². The van der Waals surface area contributed by atoms with E-state index >= 15 is 0 Å². The molecule has 2 aromatic rings. The number of sulfonamides is 2. The fourth-order valence-electron chi connectivity index (χ4n) is 2.30. The summed E-state index contributed by atoms with van der Waals surface area (Å²) in [5.74, 6) is 0.0645. The van der Waals surface area contributed by atoms with Crippen molar-refractivity contribution in [3.63, 3.8) is 0 Å². The molecule has 1 unspecified atom stereocenters. The van der Waals surface area contributed by atoms with E-state index in [0.29, 0.717) is 11.4 Å². The Bertz CT molecular complexity index is 1100. The number of hydrogen-bond donors (Lipinski definition) is 3. The van der Waals surface area contributed by atoms with Crippen LogP contribution < -0.4 is 19.9 Å². The van der Waals surface area contributed by atoms with E-state index in [1.165, 1.54) is 36.4 Å². The van der Waals surface area contributed by atoms with Gasteiger partial charge in [-0.3, -0.25) is 9.52 Å². The van der Waals surface area contributed by atoms with Crippen LogP contribution in [0.1, 0.15) is 6.92 Å². The summed E-state index contributed by atoms with van der Waals surface area (Å²) in [6.07, 6.45) is -0.647. The van der Waals surface area contributed by atoms with Gasteiger partial charge in [0, 0.05) is 0 Å². The van der Waals surface area contributed by atoms with Crippen LogP contribution in [-0.2, 0) is 24.8 Å². The van der Waals surface area contributed by atoms with Gasteiger partial charge in [0.2, 0.25) is 10.0 Å². The quantitative estimate of drug-likeness (QED) is 0.697. The van der Waals surface area contributed by atoms with Gasteiger partial charge >= 0.3 is 0 Å². The number of nitrogens with one attached hydrogen (secondary N) is 2. The third kappa shape index (κ3) is 3.64. The van der Waals surface area contributed by atoms with E-state index in [9.17, 15) is 21.6 Å². The zero-order valence-electron chi connectivity index (χ0n) is 13.5. The van der Waals surface area contributed by atoms with E-state index in [2.05, 4.69) is 10.0 Å². The summed E-state index contributed by atoms with van der Waals surface area (Å²) in [5, 5.41) is 7.63. The van der Waals surface area contributed by atoms with Crippen LogP contribution in [0.15, 0.2) is 52.3 Å². The van der Waals surface area contributed by atoms with Crippen molar-refractivity contribution in [3.05, 3.63) is 42.5 Å². The number of fused-ring (bicyclic) bond motifs is 1. The summed E-state index contributed by atoms with van der Waals surface area (Å²) in [4.78, 5) is 11.1. The summed E-state index contributed by atoms with van der Waals surface area (Å²) >= 11 is 0. The average Bonchev–Trinajstić information content (AvgIpc) is 2.55. The maximum Gasteiger partial charge on any atom is 0.265 e. The molecule has 1 aliphatic rings. The molecule has 0 bridgehead atoms. The smallest absolute Gasteiger partial charge is 0.265 e. The molecule has 3 rings (SSSR count). The predicted octanol–water partition coefficient (Wildman–Crippen LogP) is 0.854. The van der Waals surface area contributed by atoms with Crippen molar-refractivity contribution < 1.29 is 26.4 Å². The first-order valence-corrected chi connectivity index (χ1v) is 10.4. The first-order chi connectivity index (χ1) is 12.1. The van der Waals surface area contributed by atoms with Gasteiger partial charge in [0.15, 0.2) is 6.10 Å². The fraction of sp³-hybridized carbons (Fsp3) is 0.133. The number of carbonyl (C=O) groups excluding carboxylic acids is 1. The van der Waals surface area contributed by atoms with Crippen LogP contribution >= 0.6 is 0 Å². The van der Waals surface area contributed by atoms with Gasteiger partial charge in [0.05, 0.1) is 21.2 Å². The molecule has 138 valence electrons. The van der Waals surface area contributed by atoms with Crippen molar-refractivity contribution in [1.82, 2.24) is 0 Å². The van der Waals surface area contributed by atoms with Gasteiger partial charge in [-0.05, 0) is 43.3 Å². The van der Waals surface area contributed by atoms with Gasteiger partial charge in [0.25, 0.3) is 15.9 Å². The molecule has 2 aromatic carbocycles. The highest BCUT2D eigenvalue weighted by molar-refractivity contribution is 7.93. The fourth-order valence-corrected chi connectivity index (χ4v) is 4.03. The molecule has 1 atom stereocenters. The Labute approximate surface area is 150 Å². The highest BCUT2D eigenvalue weighted by atomic mass is 32.2. The van der Waals surface area contributed by atoms with Gasteiger partial charge in [-0.2, -0.15) is 0 Å². The van der Waals surface area contributed by atoms with E-state index in [0.717, 1.165) is 6.07 Å². The van der Waals surface area contributed by atoms with Gasteiger partial charge in [-0.15, -0.1) is 0 Å². The maximum atomic E-state index is 12.5. The summed E-state index contributed by atoms with van der Waals surface area (Å²) in [5.41, 5.74) is 0.495. The van der Waals surface area contributed by atoms with E-state index in [-0.39, 0.29) is 21.4 Å². The SMILES string of the molecule is CC1Oc2ccc(NS(=O)(=O)c3cccc(S(N)(=O)=O)c3)cc2NC1=O. The third-order valence-electron chi connectivity index (χ3n) is 3.61. The molecule has 0 spiro atoms. The molecule has 1 amide bonds. The number of amides is 1. The highest BCUT2D eigenvalue weighted by Gasteiger charge is 2.24. The lowest BCUT2D eigenvalue weighted by Crippen LogP contribution is -2.34. The Morgan fingerprint density at radius 1 is 1.08 bits per heavy atom. The zero-order chi connectivity index (χ0) is 19.1. The molecule has 1 heterocycles. The molecule has 0 saturated heterocycles. The van der Waals surface area contributed by atoms with E-state index < -0.39 is 26.2 Å². The Balaban J connectivity index is 1.91. The second kappa shape index (κ2) is 6.27. The molecule has 0 aromatic heterocycles. The van der Waals surface area contributed by atoms with Gasteiger partial charge < -0.3 is 10.1 Å². The Morgan fingerprint density at radius 2 is 1.77 bits per heavy atom. The summed E-state index contributed by atoms with van der Waals surface area (Å²) < 4.78 is 55.5. The minimum Gasteiger partial charge on any atom is -0.479 e. The predicted molar refractivity (Wildman–Crippen MR) is 93.8 cm³/mol. The lowest BCUT2D eigenvalue weighted by molar-refractivity contribution is -0.122. The molecule has 9 nitrogen and oxygen atoms in total. The van der Waals surface area contributed by atoms with Crippen LogP contribution in [0.25, 0.3) is 0 Å². The molecule has 0 saturated carbocycles. The number of rotatable bonds is 4. The minimum atomic E-state index is -4.07. The summed E-state index contributed by atoms with van der Waals surface area (Å²) in [6.45, 7) is 1.59. The number of primary sulfonamides is 1. The van der Waals surface area contributed by atoms with E-state index in [4.69, 9.17) is 9.88 Å². The number of hydrogen-bond acceptors (Lipinski definition) is 6.